The van der Waals surface area contributed by atoms with Crippen molar-refractivity contribution in [1.29, 1.82) is 0 Å². The van der Waals surface area contributed by atoms with Crippen LogP contribution in [0.4, 0.5) is 5.69 Å². The molecule has 2 heterocycles. The lowest BCUT2D eigenvalue weighted by Crippen LogP contribution is -2.55. The molecule has 0 radical (unpaired) electrons. The van der Waals surface area contributed by atoms with Crippen molar-refractivity contribution < 1.29 is 9.53 Å². The van der Waals surface area contributed by atoms with Gasteiger partial charge in [0.2, 0.25) is 5.91 Å². The maximum atomic E-state index is 12.6. The summed E-state index contributed by atoms with van der Waals surface area (Å²) in [4.78, 5) is 20.6. The number of piperazine rings is 1. The molecule has 1 aliphatic heterocycles. The number of aromatic nitrogens is 2. The number of anilines is 1. The Morgan fingerprint density at radius 2 is 2.21 bits per heavy atom. The number of amides is 1. The predicted octanol–water partition coefficient (Wildman–Crippen LogP) is 1.55. The van der Waals surface area contributed by atoms with Gasteiger partial charge in [-0.05, 0) is 24.1 Å². The second-order valence-corrected chi connectivity index (χ2v) is 6.93. The molecular formula is C19H25ClN6O2. The number of nitrogens with zero attached hydrogens (tertiary/aromatic N) is 5. The van der Waals surface area contributed by atoms with E-state index in [-0.39, 0.29) is 12.5 Å². The van der Waals surface area contributed by atoms with Crippen molar-refractivity contribution in [2.45, 2.75) is 6.42 Å². The molecule has 1 fully saturated rings. The number of ether oxygens (including phenoxy) is 1. The van der Waals surface area contributed by atoms with Crippen LogP contribution in [-0.2, 0) is 18.3 Å². The number of methoxy groups -OCH3 is 1. The number of rotatable bonds is 5. The van der Waals surface area contributed by atoms with E-state index in [1.54, 1.807) is 29.9 Å². The smallest absolute Gasteiger partial charge is 0.246 e. The number of carbonyl (C=O) groups excluding carboxylic acids is 1. The molecule has 28 heavy (non-hydrogen) atoms. The minimum Gasteiger partial charge on any atom is -0.497 e. The summed E-state index contributed by atoms with van der Waals surface area (Å²) in [6.45, 7) is 2.23. The van der Waals surface area contributed by atoms with E-state index in [1.165, 1.54) is 0 Å². The van der Waals surface area contributed by atoms with Crippen molar-refractivity contribution in [1.82, 2.24) is 20.0 Å². The fraction of sp³-hybridized carbons (Fsp3) is 0.421. The first kappa shape index (κ1) is 20.0. The Morgan fingerprint density at radius 3 is 2.82 bits per heavy atom. The van der Waals surface area contributed by atoms with Crippen LogP contribution in [-0.4, -0.2) is 66.9 Å². The summed E-state index contributed by atoms with van der Waals surface area (Å²) >= 11 is 6.30. The SMILES string of the molecule is CN=C(NCCc1ccc(OC)cc1Cl)N1CCN(c2cnn(C)c2)C(=O)C1. The van der Waals surface area contributed by atoms with Crippen molar-refractivity contribution in [3.63, 3.8) is 0 Å². The molecule has 150 valence electrons. The number of aliphatic imine (C=N–C) groups is 1. The Hall–Kier alpha value is -2.74. The Bertz CT molecular complexity index is 866. The van der Waals surface area contributed by atoms with Crippen molar-refractivity contribution >= 4 is 29.2 Å². The second-order valence-electron chi connectivity index (χ2n) is 6.52. The van der Waals surface area contributed by atoms with Crippen molar-refractivity contribution in [2.75, 3.05) is 45.2 Å². The van der Waals surface area contributed by atoms with Gasteiger partial charge in [0.05, 0.1) is 19.0 Å². The zero-order chi connectivity index (χ0) is 20.1. The lowest BCUT2D eigenvalue weighted by Gasteiger charge is -2.35. The number of aryl methyl sites for hydroxylation is 1. The first-order valence-electron chi connectivity index (χ1n) is 9.09. The molecule has 1 amide bonds. The zero-order valence-corrected chi connectivity index (χ0v) is 17.1. The van der Waals surface area contributed by atoms with Crippen molar-refractivity contribution in [3.05, 3.63) is 41.2 Å². The van der Waals surface area contributed by atoms with E-state index in [9.17, 15) is 4.79 Å². The lowest BCUT2D eigenvalue weighted by atomic mass is 10.1. The second kappa shape index (κ2) is 8.97. The molecule has 3 rings (SSSR count). The van der Waals surface area contributed by atoms with Crippen LogP contribution in [0, 0.1) is 0 Å². The van der Waals surface area contributed by atoms with E-state index in [4.69, 9.17) is 16.3 Å². The van der Waals surface area contributed by atoms with Crippen LogP contribution in [0.15, 0.2) is 35.6 Å². The maximum absolute atomic E-state index is 12.6. The van der Waals surface area contributed by atoms with E-state index in [0.29, 0.717) is 30.6 Å². The highest BCUT2D eigenvalue weighted by molar-refractivity contribution is 6.31. The van der Waals surface area contributed by atoms with Crippen LogP contribution >= 0.6 is 11.6 Å². The third kappa shape index (κ3) is 4.56. The van der Waals surface area contributed by atoms with Gasteiger partial charge in [-0.25, -0.2) is 0 Å². The molecule has 0 bridgehead atoms. The van der Waals surface area contributed by atoms with Gasteiger partial charge in [0.15, 0.2) is 5.96 Å². The molecule has 0 unspecified atom stereocenters. The maximum Gasteiger partial charge on any atom is 0.246 e. The average molecular weight is 405 g/mol. The van der Waals surface area contributed by atoms with Gasteiger partial charge >= 0.3 is 0 Å². The zero-order valence-electron chi connectivity index (χ0n) is 16.4. The Labute approximate surface area is 169 Å². The molecule has 8 nitrogen and oxygen atoms in total. The number of carbonyl (C=O) groups is 1. The van der Waals surface area contributed by atoms with Gasteiger partial charge in [0.1, 0.15) is 12.3 Å². The molecule has 0 saturated carbocycles. The number of hydrogen-bond donors (Lipinski definition) is 1. The fourth-order valence-electron chi connectivity index (χ4n) is 3.17. The Balaban J connectivity index is 1.54. The molecule has 0 aliphatic carbocycles. The van der Waals surface area contributed by atoms with E-state index in [0.717, 1.165) is 23.4 Å². The van der Waals surface area contributed by atoms with Crippen LogP contribution in [0.25, 0.3) is 0 Å². The van der Waals surface area contributed by atoms with Gasteiger partial charge in [-0.2, -0.15) is 5.10 Å². The van der Waals surface area contributed by atoms with Crippen molar-refractivity contribution in [2.24, 2.45) is 12.0 Å². The van der Waals surface area contributed by atoms with Crippen LogP contribution < -0.4 is 15.0 Å². The third-order valence-corrected chi connectivity index (χ3v) is 5.02. The summed E-state index contributed by atoms with van der Waals surface area (Å²) < 4.78 is 6.87. The number of nitrogens with one attached hydrogen (secondary N) is 1. The summed E-state index contributed by atoms with van der Waals surface area (Å²) in [6, 6.07) is 5.66. The first-order valence-corrected chi connectivity index (χ1v) is 9.46. The topological polar surface area (TPSA) is 75.0 Å². The molecule has 1 N–H and O–H groups in total. The van der Waals surface area contributed by atoms with Crippen LogP contribution in [0.1, 0.15) is 5.56 Å². The molecule has 0 spiro atoms. The summed E-state index contributed by atoms with van der Waals surface area (Å²) in [7, 11) is 5.18. The number of benzene rings is 1. The number of halogens is 1. The van der Waals surface area contributed by atoms with Crippen LogP contribution in [0.3, 0.4) is 0 Å². The van der Waals surface area contributed by atoms with E-state index >= 15 is 0 Å². The van der Waals surface area contributed by atoms with E-state index in [2.05, 4.69) is 15.4 Å². The highest BCUT2D eigenvalue weighted by Gasteiger charge is 2.27. The molecule has 1 aliphatic rings. The first-order chi connectivity index (χ1) is 13.5. The Kier molecular flexibility index (Phi) is 6.41. The highest BCUT2D eigenvalue weighted by Crippen LogP contribution is 2.22. The van der Waals surface area contributed by atoms with E-state index < -0.39 is 0 Å². The van der Waals surface area contributed by atoms with Gasteiger partial charge in [-0.1, -0.05) is 17.7 Å². The van der Waals surface area contributed by atoms with Gasteiger partial charge in [0, 0.05) is 44.9 Å². The minimum atomic E-state index is 0.0281. The molecular weight excluding hydrogens is 380 g/mol. The van der Waals surface area contributed by atoms with Gasteiger partial charge in [0.25, 0.3) is 0 Å². The fourth-order valence-corrected chi connectivity index (χ4v) is 3.44. The molecule has 1 aromatic carbocycles. The Morgan fingerprint density at radius 1 is 1.39 bits per heavy atom. The van der Waals surface area contributed by atoms with Crippen molar-refractivity contribution in [3.8, 4) is 5.75 Å². The quantitative estimate of drug-likeness (QED) is 0.604. The summed E-state index contributed by atoms with van der Waals surface area (Å²) in [5.41, 5.74) is 1.85. The van der Waals surface area contributed by atoms with Crippen LogP contribution in [0.2, 0.25) is 5.02 Å². The van der Waals surface area contributed by atoms with Crippen LogP contribution in [0.5, 0.6) is 5.75 Å². The monoisotopic (exact) mass is 404 g/mol. The lowest BCUT2D eigenvalue weighted by molar-refractivity contribution is -0.120. The van der Waals surface area contributed by atoms with Gasteiger partial charge < -0.3 is 19.9 Å². The highest BCUT2D eigenvalue weighted by atomic mass is 35.5. The molecule has 2 aromatic rings. The molecule has 9 heteroatoms. The summed E-state index contributed by atoms with van der Waals surface area (Å²) in [5.74, 6) is 1.48. The molecule has 0 atom stereocenters. The van der Waals surface area contributed by atoms with Gasteiger partial charge in [-0.15, -0.1) is 0 Å². The number of guanidine groups is 1. The summed E-state index contributed by atoms with van der Waals surface area (Å²) in [5, 5.41) is 8.14. The third-order valence-electron chi connectivity index (χ3n) is 4.67. The largest absolute Gasteiger partial charge is 0.497 e. The summed E-state index contributed by atoms with van der Waals surface area (Å²) in [6.07, 6.45) is 4.30. The molecule has 1 saturated heterocycles. The normalized spacial score (nSPS) is 15.1. The number of hydrogen-bond acceptors (Lipinski definition) is 4. The minimum absolute atomic E-state index is 0.0281. The standard InChI is InChI=1S/C19H25ClN6O2/c1-21-19(22-7-6-14-4-5-16(28-3)10-17(14)20)25-8-9-26(18(27)13-25)15-11-23-24(2)12-15/h4-5,10-12H,6-9,13H2,1-3H3,(H,21,22). The molecule has 1 aromatic heterocycles. The van der Waals surface area contributed by atoms with E-state index in [1.807, 2.05) is 36.3 Å². The predicted molar refractivity (Wildman–Crippen MR) is 110 cm³/mol. The van der Waals surface area contributed by atoms with Gasteiger partial charge in [-0.3, -0.25) is 14.5 Å². The average Bonchev–Trinajstić information content (AvgIpc) is 3.12.